The molecule has 2 N–H and O–H groups in total. The Morgan fingerprint density at radius 3 is 2.81 bits per heavy atom. The Bertz CT molecular complexity index is 459. The van der Waals surface area contributed by atoms with Gasteiger partial charge < -0.3 is 15.2 Å². The Hall–Kier alpha value is -1.39. The van der Waals surface area contributed by atoms with E-state index in [2.05, 4.69) is 23.5 Å². The zero-order chi connectivity index (χ0) is 14.9. The summed E-state index contributed by atoms with van der Waals surface area (Å²) in [4.78, 5) is 11.9. The summed E-state index contributed by atoms with van der Waals surface area (Å²) in [6, 6.07) is 6.45. The van der Waals surface area contributed by atoms with Crippen molar-refractivity contribution in [3.8, 4) is 0 Å². The van der Waals surface area contributed by atoms with Crippen LogP contribution in [0.2, 0.25) is 0 Å². The Morgan fingerprint density at radius 2 is 2.00 bits per heavy atom. The normalized spacial score (nSPS) is 13.8. The van der Waals surface area contributed by atoms with E-state index in [4.69, 9.17) is 9.84 Å². The van der Waals surface area contributed by atoms with Crippen LogP contribution in [0.25, 0.3) is 0 Å². The lowest BCUT2D eigenvalue weighted by molar-refractivity contribution is -0.120. The van der Waals surface area contributed by atoms with Crippen LogP contribution in [0.3, 0.4) is 0 Å². The Kier molecular flexibility index (Phi) is 6.70. The van der Waals surface area contributed by atoms with E-state index in [9.17, 15) is 4.79 Å². The molecule has 0 unspecified atom stereocenters. The fourth-order valence-corrected chi connectivity index (χ4v) is 2.71. The number of aryl methyl sites for hydroxylation is 2. The van der Waals surface area contributed by atoms with E-state index in [-0.39, 0.29) is 12.5 Å². The first-order chi connectivity index (χ1) is 10.3. The topological polar surface area (TPSA) is 58.6 Å². The first-order valence-electron chi connectivity index (χ1n) is 7.85. The molecule has 1 aliphatic carbocycles. The van der Waals surface area contributed by atoms with E-state index in [0.29, 0.717) is 26.2 Å². The van der Waals surface area contributed by atoms with E-state index >= 15 is 0 Å². The standard InChI is InChI=1S/C17H25NO3/c19-9-11-21-10-3-8-18-17(20)13-14-6-7-15-4-1-2-5-16(15)12-14/h6-7,12,19H,1-5,8-11,13H2,(H,18,20). The number of carbonyl (C=O) groups is 1. The second-order valence-corrected chi connectivity index (χ2v) is 5.53. The Labute approximate surface area is 126 Å². The van der Waals surface area contributed by atoms with E-state index in [1.807, 2.05) is 0 Å². The maximum absolute atomic E-state index is 11.9. The highest BCUT2D eigenvalue weighted by molar-refractivity contribution is 5.78. The fraction of sp³-hybridized carbons (Fsp3) is 0.588. The monoisotopic (exact) mass is 291 g/mol. The summed E-state index contributed by atoms with van der Waals surface area (Å²) in [5.74, 6) is 0.0629. The highest BCUT2D eigenvalue weighted by Crippen LogP contribution is 2.22. The molecule has 2 rings (SSSR count). The molecule has 0 heterocycles. The van der Waals surface area contributed by atoms with Crippen LogP contribution in [-0.2, 0) is 28.8 Å². The van der Waals surface area contributed by atoms with Gasteiger partial charge in [-0.25, -0.2) is 0 Å². The quantitative estimate of drug-likeness (QED) is 0.716. The van der Waals surface area contributed by atoms with E-state index < -0.39 is 0 Å². The number of ether oxygens (including phenoxy) is 1. The van der Waals surface area contributed by atoms with Gasteiger partial charge in [-0.1, -0.05) is 18.2 Å². The highest BCUT2D eigenvalue weighted by Gasteiger charge is 2.10. The number of rotatable bonds is 8. The van der Waals surface area contributed by atoms with Crippen LogP contribution < -0.4 is 5.32 Å². The summed E-state index contributed by atoms with van der Waals surface area (Å²) in [7, 11) is 0. The smallest absolute Gasteiger partial charge is 0.224 e. The van der Waals surface area contributed by atoms with E-state index in [0.717, 1.165) is 18.4 Å². The number of benzene rings is 1. The first-order valence-corrected chi connectivity index (χ1v) is 7.85. The van der Waals surface area contributed by atoms with Crippen molar-refractivity contribution in [3.63, 3.8) is 0 Å². The van der Waals surface area contributed by atoms with Crippen molar-refractivity contribution in [1.29, 1.82) is 0 Å². The average molecular weight is 291 g/mol. The van der Waals surface area contributed by atoms with Crippen LogP contribution in [0.15, 0.2) is 18.2 Å². The molecule has 4 nitrogen and oxygen atoms in total. The van der Waals surface area contributed by atoms with Gasteiger partial charge in [0.2, 0.25) is 5.91 Å². The number of hydrogen-bond donors (Lipinski definition) is 2. The summed E-state index contributed by atoms with van der Waals surface area (Å²) in [5, 5.41) is 11.5. The number of amides is 1. The molecule has 4 heteroatoms. The number of nitrogens with one attached hydrogen (secondary N) is 1. The molecule has 1 aliphatic rings. The molecule has 0 aliphatic heterocycles. The third kappa shape index (κ3) is 5.48. The molecule has 0 saturated carbocycles. The number of fused-ring (bicyclic) bond motifs is 1. The molecule has 0 aromatic heterocycles. The van der Waals surface area contributed by atoms with Crippen molar-refractivity contribution in [1.82, 2.24) is 5.32 Å². The van der Waals surface area contributed by atoms with Crippen LogP contribution in [-0.4, -0.2) is 37.4 Å². The second-order valence-electron chi connectivity index (χ2n) is 5.53. The van der Waals surface area contributed by atoms with Gasteiger partial charge in [0.05, 0.1) is 19.6 Å². The molecule has 0 fully saturated rings. The van der Waals surface area contributed by atoms with Gasteiger partial charge in [0.15, 0.2) is 0 Å². The number of hydrogen-bond acceptors (Lipinski definition) is 3. The predicted molar refractivity (Wildman–Crippen MR) is 82.3 cm³/mol. The molecule has 116 valence electrons. The van der Waals surface area contributed by atoms with Crippen LogP contribution in [0.1, 0.15) is 36.0 Å². The zero-order valence-electron chi connectivity index (χ0n) is 12.6. The molecule has 0 spiro atoms. The first kappa shape index (κ1) is 16.0. The van der Waals surface area contributed by atoms with E-state index in [1.54, 1.807) is 0 Å². The van der Waals surface area contributed by atoms with Crippen LogP contribution in [0.4, 0.5) is 0 Å². The van der Waals surface area contributed by atoms with Crippen LogP contribution >= 0.6 is 0 Å². The van der Waals surface area contributed by atoms with Gasteiger partial charge in [-0.2, -0.15) is 0 Å². The van der Waals surface area contributed by atoms with Crippen molar-refractivity contribution in [2.45, 2.75) is 38.5 Å². The summed E-state index contributed by atoms with van der Waals surface area (Å²) in [6.07, 6.45) is 6.09. The maximum atomic E-state index is 11.9. The maximum Gasteiger partial charge on any atom is 0.224 e. The fourth-order valence-electron chi connectivity index (χ4n) is 2.71. The molecule has 1 aromatic carbocycles. The van der Waals surface area contributed by atoms with Gasteiger partial charge in [0.1, 0.15) is 0 Å². The highest BCUT2D eigenvalue weighted by atomic mass is 16.5. The molecule has 0 radical (unpaired) electrons. The van der Waals surface area contributed by atoms with Crippen molar-refractivity contribution >= 4 is 5.91 Å². The number of carbonyl (C=O) groups excluding carboxylic acids is 1. The molecule has 21 heavy (non-hydrogen) atoms. The third-order valence-corrected chi connectivity index (χ3v) is 3.80. The van der Waals surface area contributed by atoms with Crippen molar-refractivity contribution < 1.29 is 14.6 Å². The van der Waals surface area contributed by atoms with Gasteiger partial charge in [0.25, 0.3) is 0 Å². The lowest BCUT2D eigenvalue weighted by Crippen LogP contribution is -2.27. The van der Waals surface area contributed by atoms with Gasteiger partial charge in [-0.05, 0) is 48.8 Å². The van der Waals surface area contributed by atoms with Gasteiger partial charge >= 0.3 is 0 Å². The molecule has 0 bridgehead atoms. The minimum Gasteiger partial charge on any atom is -0.394 e. The summed E-state index contributed by atoms with van der Waals surface area (Å²) in [6.45, 7) is 1.60. The van der Waals surface area contributed by atoms with Crippen molar-refractivity contribution in [2.75, 3.05) is 26.4 Å². The van der Waals surface area contributed by atoms with Crippen LogP contribution in [0, 0.1) is 0 Å². The predicted octanol–water partition coefficient (Wildman–Crippen LogP) is 1.62. The van der Waals surface area contributed by atoms with Gasteiger partial charge in [-0.15, -0.1) is 0 Å². The molecular weight excluding hydrogens is 266 g/mol. The molecular formula is C17H25NO3. The molecule has 1 amide bonds. The van der Waals surface area contributed by atoms with Crippen LogP contribution in [0.5, 0.6) is 0 Å². The SMILES string of the molecule is O=C(Cc1ccc2c(c1)CCCC2)NCCCOCCO. The van der Waals surface area contributed by atoms with Gasteiger partial charge in [0, 0.05) is 13.2 Å². The summed E-state index contributed by atoms with van der Waals surface area (Å²) < 4.78 is 5.14. The number of aliphatic hydroxyl groups is 1. The number of aliphatic hydroxyl groups excluding tert-OH is 1. The lowest BCUT2D eigenvalue weighted by Gasteiger charge is -2.16. The molecule has 0 atom stereocenters. The minimum atomic E-state index is 0.0463. The second kappa shape index (κ2) is 8.80. The Balaban J connectivity index is 1.70. The average Bonchev–Trinajstić information content (AvgIpc) is 2.50. The zero-order valence-corrected chi connectivity index (χ0v) is 12.6. The largest absolute Gasteiger partial charge is 0.394 e. The van der Waals surface area contributed by atoms with Crippen molar-refractivity contribution in [2.24, 2.45) is 0 Å². The molecule has 0 saturated heterocycles. The molecule has 1 aromatic rings. The lowest BCUT2D eigenvalue weighted by atomic mass is 9.90. The van der Waals surface area contributed by atoms with E-state index in [1.165, 1.54) is 30.4 Å². The van der Waals surface area contributed by atoms with Crippen molar-refractivity contribution in [3.05, 3.63) is 34.9 Å². The third-order valence-electron chi connectivity index (χ3n) is 3.80. The summed E-state index contributed by atoms with van der Waals surface area (Å²) in [5.41, 5.74) is 3.97. The van der Waals surface area contributed by atoms with Gasteiger partial charge in [-0.3, -0.25) is 4.79 Å². The minimum absolute atomic E-state index is 0.0463. The summed E-state index contributed by atoms with van der Waals surface area (Å²) >= 11 is 0. The Morgan fingerprint density at radius 1 is 1.19 bits per heavy atom.